The van der Waals surface area contributed by atoms with E-state index in [0.29, 0.717) is 11.5 Å². The first-order valence-electron chi connectivity index (χ1n) is 10.8. The summed E-state index contributed by atoms with van der Waals surface area (Å²) in [6.45, 7) is 1.61. The van der Waals surface area contributed by atoms with Gasteiger partial charge in [0.25, 0.3) is 0 Å². The molecule has 3 aliphatic heterocycles. The second kappa shape index (κ2) is 7.24. The Labute approximate surface area is 186 Å². The highest BCUT2D eigenvalue weighted by molar-refractivity contribution is 5.72. The van der Waals surface area contributed by atoms with E-state index in [9.17, 15) is 4.79 Å². The largest absolute Gasteiger partial charge is 0.454 e. The number of hydrogen-bond acceptors (Lipinski definition) is 5. The van der Waals surface area contributed by atoms with Crippen LogP contribution in [0, 0.1) is 0 Å². The molecule has 0 N–H and O–H groups in total. The molecule has 3 atom stereocenters. The Bertz CT molecular complexity index is 1230. The maximum atomic E-state index is 12.3. The van der Waals surface area contributed by atoms with Crippen molar-refractivity contribution in [3.8, 4) is 11.5 Å². The summed E-state index contributed by atoms with van der Waals surface area (Å²) in [4.78, 5) is 12.3. The van der Waals surface area contributed by atoms with Gasteiger partial charge in [0.15, 0.2) is 23.2 Å². The Balaban J connectivity index is 1.56. The van der Waals surface area contributed by atoms with Crippen LogP contribution >= 0.6 is 0 Å². The fraction of sp³-hybridized carbons (Fsp3) is 0.222. The highest BCUT2D eigenvalue weighted by Crippen LogP contribution is 2.59. The van der Waals surface area contributed by atoms with Crippen molar-refractivity contribution in [2.75, 3.05) is 6.79 Å². The normalized spacial score (nSPS) is 23.3. The van der Waals surface area contributed by atoms with Crippen LogP contribution in [-0.2, 0) is 19.9 Å². The first-order chi connectivity index (χ1) is 15.6. The topological polar surface area (TPSA) is 54.0 Å². The zero-order valence-electron chi connectivity index (χ0n) is 17.6. The van der Waals surface area contributed by atoms with Crippen LogP contribution in [0.4, 0.5) is 0 Å². The van der Waals surface area contributed by atoms with Crippen molar-refractivity contribution in [2.24, 2.45) is 0 Å². The number of benzene rings is 3. The average molecular weight is 426 g/mol. The van der Waals surface area contributed by atoms with Gasteiger partial charge in [-0.3, -0.25) is 4.79 Å². The molecule has 3 heterocycles. The number of esters is 1. The molecule has 1 unspecified atom stereocenters. The zero-order valence-corrected chi connectivity index (χ0v) is 17.6. The molecular formula is C27H22O5. The van der Waals surface area contributed by atoms with Crippen LogP contribution in [0.5, 0.6) is 11.5 Å². The van der Waals surface area contributed by atoms with Gasteiger partial charge in [-0.15, -0.1) is 0 Å². The van der Waals surface area contributed by atoms with E-state index in [0.717, 1.165) is 28.7 Å². The zero-order chi connectivity index (χ0) is 21.7. The van der Waals surface area contributed by atoms with Gasteiger partial charge in [0.05, 0.1) is 6.10 Å². The van der Waals surface area contributed by atoms with E-state index in [4.69, 9.17) is 18.9 Å². The molecule has 6 rings (SSSR count). The number of rotatable bonds is 4. The molecule has 0 spiro atoms. The van der Waals surface area contributed by atoms with Crippen LogP contribution in [0.3, 0.4) is 0 Å². The van der Waals surface area contributed by atoms with E-state index in [1.54, 1.807) is 0 Å². The van der Waals surface area contributed by atoms with Gasteiger partial charge in [-0.2, -0.15) is 0 Å². The molecule has 32 heavy (non-hydrogen) atoms. The Kier molecular flexibility index (Phi) is 4.33. The summed E-state index contributed by atoms with van der Waals surface area (Å²) in [6, 6.07) is 24.2. The highest BCUT2D eigenvalue weighted by atomic mass is 16.7. The van der Waals surface area contributed by atoms with E-state index in [2.05, 4.69) is 30.3 Å². The van der Waals surface area contributed by atoms with Gasteiger partial charge in [-0.25, -0.2) is 0 Å². The number of carbonyl (C=O) groups excluding carboxylic acids is 1. The lowest BCUT2D eigenvalue weighted by Gasteiger charge is -2.38. The van der Waals surface area contributed by atoms with Crippen molar-refractivity contribution in [3.63, 3.8) is 0 Å². The van der Waals surface area contributed by atoms with Gasteiger partial charge in [-0.05, 0) is 40.5 Å². The van der Waals surface area contributed by atoms with Gasteiger partial charge in [0, 0.05) is 18.9 Å². The van der Waals surface area contributed by atoms with Crippen molar-refractivity contribution in [3.05, 3.63) is 101 Å². The third kappa shape index (κ3) is 2.93. The number of hydrogen-bond donors (Lipinski definition) is 0. The quantitative estimate of drug-likeness (QED) is 0.518. The first kappa shape index (κ1) is 19.1. The minimum absolute atomic E-state index is 0.113. The molecule has 5 nitrogen and oxygen atoms in total. The Morgan fingerprint density at radius 2 is 1.78 bits per heavy atom. The van der Waals surface area contributed by atoms with E-state index in [-0.39, 0.29) is 18.9 Å². The Hall–Kier alpha value is -3.57. The van der Waals surface area contributed by atoms with Crippen LogP contribution in [0.2, 0.25) is 0 Å². The molecule has 5 heteroatoms. The molecule has 0 amide bonds. The smallest absolute Gasteiger partial charge is 0.303 e. The van der Waals surface area contributed by atoms with Gasteiger partial charge < -0.3 is 18.9 Å². The molecule has 160 valence electrons. The molecule has 0 aromatic heterocycles. The highest BCUT2D eigenvalue weighted by Gasteiger charge is 2.54. The summed E-state index contributed by atoms with van der Waals surface area (Å²) in [6.07, 6.45) is 2.11. The van der Waals surface area contributed by atoms with Crippen LogP contribution in [-0.4, -0.2) is 12.8 Å². The molecular weight excluding hydrogens is 404 g/mol. The lowest BCUT2D eigenvalue weighted by molar-refractivity contribution is -0.172. The lowest BCUT2D eigenvalue weighted by atomic mass is 9.82. The third-order valence-corrected chi connectivity index (χ3v) is 6.38. The first-order valence-corrected chi connectivity index (χ1v) is 10.8. The van der Waals surface area contributed by atoms with Crippen LogP contribution < -0.4 is 9.47 Å². The molecule has 3 aliphatic rings. The number of carbonyl (C=O) groups is 1. The molecule has 0 saturated heterocycles. The van der Waals surface area contributed by atoms with Gasteiger partial charge in [0.2, 0.25) is 6.79 Å². The molecule has 0 aliphatic carbocycles. The number of fused-ring (bicyclic) bond motifs is 6. The van der Waals surface area contributed by atoms with Crippen molar-refractivity contribution in [2.45, 2.75) is 31.2 Å². The van der Waals surface area contributed by atoms with Crippen LogP contribution in [0.15, 0.2) is 78.9 Å². The molecule has 0 fully saturated rings. The van der Waals surface area contributed by atoms with Crippen molar-refractivity contribution >= 4 is 11.5 Å². The molecule has 0 saturated carbocycles. The predicted octanol–water partition coefficient (Wildman–Crippen LogP) is 5.47. The van der Waals surface area contributed by atoms with E-state index >= 15 is 0 Å². The fourth-order valence-corrected chi connectivity index (χ4v) is 5.05. The summed E-state index contributed by atoms with van der Waals surface area (Å²) in [7, 11) is 0. The molecule has 2 bridgehead atoms. The summed E-state index contributed by atoms with van der Waals surface area (Å²) < 4.78 is 23.8. The second-order valence-corrected chi connectivity index (χ2v) is 8.33. The lowest BCUT2D eigenvalue weighted by Crippen LogP contribution is -2.36. The maximum Gasteiger partial charge on any atom is 0.303 e. The van der Waals surface area contributed by atoms with Crippen molar-refractivity contribution < 1.29 is 23.7 Å². The van der Waals surface area contributed by atoms with E-state index < -0.39 is 11.7 Å². The van der Waals surface area contributed by atoms with Crippen LogP contribution in [0.1, 0.15) is 47.8 Å². The summed E-state index contributed by atoms with van der Waals surface area (Å²) in [5.74, 6) is 0.955. The monoisotopic (exact) mass is 426 g/mol. The third-order valence-electron chi connectivity index (χ3n) is 6.38. The summed E-state index contributed by atoms with van der Waals surface area (Å²) in [5.41, 5.74) is 4.34. The second-order valence-electron chi connectivity index (χ2n) is 8.33. The van der Waals surface area contributed by atoms with Gasteiger partial charge in [0.1, 0.15) is 0 Å². The van der Waals surface area contributed by atoms with Crippen LogP contribution in [0.25, 0.3) is 5.57 Å². The minimum Gasteiger partial charge on any atom is -0.454 e. The van der Waals surface area contributed by atoms with E-state index in [1.807, 2.05) is 48.5 Å². The number of ether oxygens (including phenoxy) is 4. The molecule has 3 aromatic carbocycles. The Morgan fingerprint density at radius 3 is 2.62 bits per heavy atom. The maximum absolute atomic E-state index is 12.3. The average Bonchev–Trinajstić information content (AvgIpc) is 3.38. The fourth-order valence-electron chi connectivity index (χ4n) is 5.05. The standard InChI is InChI=1S/C27H22O5/c1-17(28)31-26(19-11-12-23-25(13-19)30-16-29-23)27-15-20(18-7-3-2-4-8-18)14-24(32-27)21-9-5-6-10-22(21)27/h2-13,15,24,26H,14,16H2,1H3/t24-,26?,27+/m0/s1. The van der Waals surface area contributed by atoms with E-state index in [1.165, 1.54) is 12.5 Å². The Morgan fingerprint density at radius 1 is 1.00 bits per heavy atom. The van der Waals surface area contributed by atoms with Gasteiger partial charge >= 0.3 is 5.97 Å². The molecule has 0 radical (unpaired) electrons. The van der Waals surface area contributed by atoms with Gasteiger partial charge in [-0.1, -0.05) is 60.7 Å². The van der Waals surface area contributed by atoms with Crippen molar-refractivity contribution in [1.82, 2.24) is 0 Å². The summed E-state index contributed by atoms with van der Waals surface area (Å²) >= 11 is 0. The predicted molar refractivity (Wildman–Crippen MR) is 118 cm³/mol. The minimum atomic E-state index is -0.940. The summed E-state index contributed by atoms with van der Waals surface area (Å²) in [5, 5.41) is 0. The molecule has 3 aromatic rings. The SMILES string of the molecule is CC(=O)OC(c1ccc2c(c1)OCO2)[C@]12C=C(c3ccccc3)C[C@H](O1)c1ccccc12. The van der Waals surface area contributed by atoms with Crippen molar-refractivity contribution in [1.29, 1.82) is 0 Å².